The lowest BCUT2D eigenvalue weighted by molar-refractivity contribution is -0.949. The average molecular weight is 925 g/mol. The molecule has 8 heterocycles. The molecule has 14 heteroatoms. The topological polar surface area (TPSA) is 214 Å². The minimum absolute atomic E-state index is 0.139. The molecular formula is C54H60N4O10. The highest BCUT2D eigenvalue weighted by molar-refractivity contribution is 5.88. The molecule has 4 aromatic carbocycles. The zero-order chi connectivity index (χ0) is 48.5. The summed E-state index contributed by atoms with van der Waals surface area (Å²) >= 11 is 0. The lowest BCUT2D eigenvalue weighted by Gasteiger charge is -2.47. The lowest BCUT2D eigenvalue weighted by atomic mass is 9.73. The number of nitrogens with zero attached hydrogens (tertiary/aromatic N) is 2. The maximum Gasteiger partial charge on any atom is 0.335 e. The molecule has 6 saturated heterocycles. The molecule has 6 aliphatic rings. The van der Waals surface area contributed by atoms with Gasteiger partial charge in [0.2, 0.25) is 0 Å². The number of aromatic nitrogens is 2. The minimum atomic E-state index is -1.01. The molecule has 0 amide bonds. The lowest BCUT2D eigenvalue weighted by Crippen LogP contribution is -3.20. The second kappa shape index (κ2) is 22.3. The zero-order valence-electron chi connectivity index (χ0n) is 38.4. The number of hydrogen-bond acceptors (Lipinski definition) is 10. The van der Waals surface area contributed by atoms with Crippen molar-refractivity contribution in [3.63, 3.8) is 0 Å². The third-order valence-electron chi connectivity index (χ3n) is 14.2. The minimum Gasteiger partial charge on any atom is -0.872 e. The number of quaternary nitrogens is 2. The van der Waals surface area contributed by atoms with Gasteiger partial charge in [0.05, 0.1) is 62.6 Å². The number of carboxylic acids is 2. The number of aromatic carboxylic acids is 2. The number of benzene rings is 4. The van der Waals surface area contributed by atoms with Crippen molar-refractivity contribution >= 4 is 33.7 Å². The van der Waals surface area contributed by atoms with Crippen molar-refractivity contribution in [2.75, 3.05) is 40.4 Å². The molecule has 10 atom stereocenters. The second-order valence-electron chi connectivity index (χ2n) is 17.9. The van der Waals surface area contributed by atoms with Crippen molar-refractivity contribution in [1.82, 2.24) is 9.97 Å². The van der Waals surface area contributed by atoms with Crippen LogP contribution in [-0.4, -0.2) is 94.8 Å². The van der Waals surface area contributed by atoms with Crippen LogP contribution in [0, 0.1) is 23.7 Å². The van der Waals surface area contributed by atoms with Crippen LogP contribution in [0.15, 0.2) is 135 Å². The van der Waals surface area contributed by atoms with Crippen LogP contribution >= 0.6 is 0 Å². The van der Waals surface area contributed by atoms with E-state index in [9.17, 15) is 30.0 Å². The molecule has 6 aromatic rings. The van der Waals surface area contributed by atoms with Crippen molar-refractivity contribution < 1.29 is 59.5 Å². The highest BCUT2D eigenvalue weighted by Gasteiger charge is 2.47. The van der Waals surface area contributed by atoms with Crippen LogP contribution in [0.4, 0.5) is 0 Å². The summed E-state index contributed by atoms with van der Waals surface area (Å²) in [5.41, 5.74) is 4.03. The Hall–Kier alpha value is -6.84. The van der Waals surface area contributed by atoms with Crippen molar-refractivity contribution in [1.29, 1.82) is 0 Å². The van der Waals surface area contributed by atoms with Gasteiger partial charge in [0, 0.05) is 60.7 Å². The number of aliphatic hydroxyl groups is 2. The molecule has 0 aliphatic carbocycles. The maximum atomic E-state index is 11.2. The summed E-state index contributed by atoms with van der Waals surface area (Å²) in [6.07, 6.45) is 11.5. The summed E-state index contributed by atoms with van der Waals surface area (Å²) in [4.78, 5) is 32.3. The molecule has 68 heavy (non-hydrogen) atoms. The molecule has 12 rings (SSSR count). The number of methoxy groups -OCH3 is 2. The van der Waals surface area contributed by atoms with Gasteiger partial charge >= 0.3 is 11.9 Å². The molecule has 0 saturated carbocycles. The maximum absolute atomic E-state index is 11.2. The number of pyridine rings is 2. The summed E-state index contributed by atoms with van der Waals surface area (Å²) in [6.45, 7) is 12.5. The van der Waals surface area contributed by atoms with Crippen molar-refractivity contribution in [2.45, 2.75) is 50.0 Å². The van der Waals surface area contributed by atoms with Crippen LogP contribution in [0.25, 0.3) is 21.8 Å². The Morgan fingerprint density at radius 3 is 1.32 bits per heavy atom. The van der Waals surface area contributed by atoms with Gasteiger partial charge in [-0.15, -0.1) is 24.7 Å². The molecule has 14 nitrogen and oxygen atoms in total. The Balaban J connectivity index is 0.000000145. The largest absolute Gasteiger partial charge is 0.872 e. The van der Waals surface area contributed by atoms with Crippen molar-refractivity contribution in [2.24, 2.45) is 23.7 Å². The van der Waals surface area contributed by atoms with E-state index in [0.717, 1.165) is 83.5 Å². The normalized spacial score (nSPS) is 24.1. The summed E-state index contributed by atoms with van der Waals surface area (Å²) in [7, 11) is 3.33. The van der Waals surface area contributed by atoms with Crippen molar-refractivity contribution in [3.8, 4) is 23.0 Å². The number of rotatable bonds is 10. The van der Waals surface area contributed by atoms with Gasteiger partial charge in [0.15, 0.2) is 0 Å². The highest BCUT2D eigenvalue weighted by atomic mass is 16.5. The standard InChI is InChI=1S/2C20H24N2O2.2C7H6O3/c2*1-3-13-12-22-9-7-14(13)10-19(22)20(23)16-6-8-21-18-5-4-15(24-2)11-17(16)18;2*8-6-3-1-5(2-4-6)7(9)10/h2*3-6,8,11,13-14,19-20,23H,1,7,9-10,12H2,2H3;2*1-4,8H,(H,9,10)/t2*13-,14-,19+,20-;;/m11../s1. The van der Waals surface area contributed by atoms with E-state index < -0.39 is 24.1 Å². The van der Waals surface area contributed by atoms with Crippen LogP contribution in [0.1, 0.15) is 69.7 Å². The number of piperidine rings is 6. The third-order valence-corrected chi connectivity index (χ3v) is 14.2. The van der Waals surface area contributed by atoms with Gasteiger partial charge in [-0.1, -0.05) is 36.4 Å². The first kappa shape index (κ1) is 49.1. The van der Waals surface area contributed by atoms with E-state index in [1.165, 1.54) is 71.2 Å². The smallest absolute Gasteiger partial charge is 0.335 e. The number of ether oxygens (including phenoxy) is 2. The number of carbonyl (C=O) groups is 2. The summed E-state index contributed by atoms with van der Waals surface area (Å²) < 4.78 is 10.7. The van der Waals surface area contributed by atoms with E-state index in [1.807, 2.05) is 48.5 Å². The van der Waals surface area contributed by atoms with E-state index in [1.54, 1.807) is 26.6 Å². The molecule has 0 radical (unpaired) electrons. The van der Waals surface area contributed by atoms with E-state index in [2.05, 4.69) is 35.3 Å². The average Bonchev–Trinajstić information content (AvgIpc) is 3.38. The molecule has 2 unspecified atom stereocenters. The first-order valence-electron chi connectivity index (χ1n) is 23.0. The molecule has 2 aromatic heterocycles. The predicted molar refractivity (Wildman–Crippen MR) is 254 cm³/mol. The fourth-order valence-electron chi connectivity index (χ4n) is 10.5. The summed E-state index contributed by atoms with van der Waals surface area (Å²) in [6, 6.07) is 26.2. The van der Waals surface area contributed by atoms with Gasteiger partial charge in [0.25, 0.3) is 0 Å². The first-order chi connectivity index (χ1) is 32.8. The fourth-order valence-corrected chi connectivity index (χ4v) is 10.5. The number of nitrogens with one attached hydrogen (secondary N) is 2. The van der Waals surface area contributed by atoms with Gasteiger partial charge in [-0.2, -0.15) is 0 Å². The molecule has 356 valence electrons. The van der Waals surface area contributed by atoms with Gasteiger partial charge in [-0.05, 0) is 95.8 Å². The molecular weight excluding hydrogens is 865 g/mol. The second-order valence-corrected chi connectivity index (χ2v) is 17.9. The van der Waals surface area contributed by atoms with Gasteiger partial charge in [0.1, 0.15) is 35.8 Å². The van der Waals surface area contributed by atoms with Gasteiger partial charge in [-0.25, -0.2) is 9.59 Å². The Morgan fingerprint density at radius 1 is 0.632 bits per heavy atom. The van der Waals surface area contributed by atoms with E-state index >= 15 is 0 Å². The van der Waals surface area contributed by atoms with E-state index in [0.29, 0.717) is 23.7 Å². The first-order valence-corrected chi connectivity index (χ1v) is 23.0. The molecule has 6 aliphatic heterocycles. The molecule has 4 bridgehead atoms. The fraction of sp³-hybridized carbons (Fsp3) is 0.333. The number of fused-ring (bicyclic) bond motifs is 8. The van der Waals surface area contributed by atoms with Crippen LogP contribution in [0.2, 0.25) is 0 Å². The van der Waals surface area contributed by atoms with E-state index in [4.69, 9.17) is 19.7 Å². The van der Waals surface area contributed by atoms with Crippen LogP contribution < -0.4 is 29.5 Å². The summed E-state index contributed by atoms with van der Waals surface area (Å²) in [5, 5.41) is 62.0. The zero-order valence-corrected chi connectivity index (χ0v) is 38.4. The molecule has 6 N–H and O–H groups in total. The highest BCUT2D eigenvalue weighted by Crippen LogP contribution is 2.36. The van der Waals surface area contributed by atoms with Gasteiger partial charge in [-0.3, -0.25) is 9.97 Å². The molecule has 0 spiro atoms. The SMILES string of the molecule is C=C[C@@H]1C[NH+]2CC[C@@H]1C[C@H]2[C@H](O)c1ccnc2ccc(OC)cc12.C=C[C@@H]1C[NH+]2CC[C@@H]1C[C@H]2[C@H](O)c1ccnc2ccc(OC)cc12.O=C(O)c1ccc([O-])cc1.O=C(O)c1ccc([O-])cc1. The monoisotopic (exact) mass is 924 g/mol. The Bertz CT molecular complexity index is 2510. The molecule has 6 fully saturated rings. The van der Waals surface area contributed by atoms with Crippen molar-refractivity contribution in [3.05, 3.63) is 157 Å². The third kappa shape index (κ3) is 11.3. The quantitative estimate of drug-likeness (QED) is 0.105. The Labute approximate surface area is 396 Å². The van der Waals surface area contributed by atoms with Gasteiger partial charge < -0.3 is 49.9 Å². The Kier molecular flexibility index (Phi) is 16.1. The Morgan fingerprint density at radius 2 is 1.01 bits per heavy atom. The van der Waals surface area contributed by atoms with Crippen LogP contribution in [-0.2, 0) is 0 Å². The predicted octanol–water partition coefficient (Wildman–Crippen LogP) is 4.43. The number of carboxylic acid groups (broad SMARTS) is 2. The number of aliphatic hydroxyl groups excluding tert-OH is 2. The van der Waals surface area contributed by atoms with Crippen LogP contribution in [0.5, 0.6) is 23.0 Å². The van der Waals surface area contributed by atoms with E-state index in [-0.39, 0.29) is 34.7 Å². The number of hydrogen-bond donors (Lipinski definition) is 6. The summed E-state index contributed by atoms with van der Waals surface area (Å²) in [5.74, 6) is 1.76. The van der Waals surface area contributed by atoms with Crippen LogP contribution in [0.3, 0.4) is 0 Å².